The van der Waals surface area contributed by atoms with Gasteiger partial charge >= 0.3 is 0 Å². The van der Waals surface area contributed by atoms with Gasteiger partial charge in [0.05, 0.1) is 0 Å². The van der Waals surface area contributed by atoms with Crippen LogP contribution in [0.4, 0.5) is 0 Å². The summed E-state index contributed by atoms with van der Waals surface area (Å²) in [4.78, 5) is 14.9. The van der Waals surface area contributed by atoms with Crippen molar-refractivity contribution >= 4 is 23.0 Å². The molecule has 26 heavy (non-hydrogen) atoms. The second-order valence-electron chi connectivity index (χ2n) is 6.28. The number of hydrogen-bond acceptors (Lipinski definition) is 3. The molecule has 2 N–H and O–H groups in total. The zero-order valence-corrected chi connectivity index (χ0v) is 15.0. The van der Waals surface area contributed by atoms with Crippen molar-refractivity contribution in [3.05, 3.63) is 71.9 Å². The highest BCUT2D eigenvalue weighted by Gasteiger charge is 2.16. The molecule has 0 spiro atoms. The van der Waals surface area contributed by atoms with Crippen LogP contribution in [0.2, 0.25) is 0 Å². The SMILES string of the molecule is CNCCN(Cc1ccccc1)C(=O)Cn1cc(C=N)c2ccccc21. The van der Waals surface area contributed by atoms with Crippen molar-refractivity contribution in [3.63, 3.8) is 0 Å². The first-order chi connectivity index (χ1) is 12.7. The minimum absolute atomic E-state index is 0.0707. The second-order valence-corrected chi connectivity index (χ2v) is 6.28. The Morgan fingerprint density at radius 2 is 1.88 bits per heavy atom. The number of carbonyl (C=O) groups is 1. The molecular weight excluding hydrogens is 324 g/mol. The van der Waals surface area contributed by atoms with Crippen molar-refractivity contribution in [1.29, 1.82) is 5.41 Å². The Morgan fingerprint density at radius 1 is 1.15 bits per heavy atom. The zero-order valence-electron chi connectivity index (χ0n) is 15.0. The van der Waals surface area contributed by atoms with Crippen LogP contribution >= 0.6 is 0 Å². The summed E-state index contributed by atoms with van der Waals surface area (Å²) in [7, 11) is 1.89. The maximum absolute atomic E-state index is 13.0. The molecule has 0 fully saturated rings. The lowest BCUT2D eigenvalue weighted by atomic mass is 10.2. The van der Waals surface area contributed by atoms with Crippen LogP contribution in [0.25, 0.3) is 10.9 Å². The lowest BCUT2D eigenvalue weighted by molar-refractivity contribution is -0.132. The van der Waals surface area contributed by atoms with E-state index in [1.807, 2.05) is 77.3 Å². The van der Waals surface area contributed by atoms with Gasteiger partial charge in [0, 0.05) is 48.5 Å². The third-order valence-electron chi connectivity index (χ3n) is 4.48. The Balaban J connectivity index is 1.82. The van der Waals surface area contributed by atoms with Crippen molar-refractivity contribution < 1.29 is 4.79 Å². The van der Waals surface area contributed by atoms with Gasteiger partial charge in [-0.25, -0.2) is 0 Å². The Bertz CT molecular complexity index is 885. The number of hydrogen-bond donors (Lipinski definition) is 2. The molecule has 1 amide bonds. The van der Waals surface area contributed by atoms with E-state index < -0.39 is 0 Å². The summed E-state index contributed by atoms with van der Waals surface area (Å²) in [6.45, 7) is 2.26. The lowest BCUT2D eigenvalue weighted by Crippen LogP contribution is -2.37. The van der Waals surface area contributed by atoms with Gasteiger partial charge in [-0.3, -0.25) is 4.79 Å². The molecule has 0 saturated carbocycles. The average Bonchev–Trinajstić information content (AvgIpc) is 3.03. The monoisotopic (exact) mass is 348 g/mol. The quantitative estimate of drug-likeness (QED) is 0.615. The van der Waals surface area contributed by atoms with E-state index in [0.29, 0.717) is 13.1 Å². The van der Waals surface area contributed by atoms with Crippen molar-refractivity contribution in [3.8, 4) is 0 Å². The summed E-state index contributed by atoms with van der Waals surface area (Å²) < 4.78 is 1.94. The first-order valence-corrected chi connectivity index (χ1v) is 8.77. The summed E-state index contributed by atoms with van der Waals surface area (Å²) in [5.41, 5.74) is 2.93. The minimum Gasteiger partial charge on any atom is -0.337 e. The smallest absolute Gasteiger partial charge is 0.242 e. The van der Waals surface area contributed by atoms with Crippen molar-refractivity contribution in [1.82, 2.24) is 14.8 Å². The molecule has 3 aromatic rings. The second kappa shape index (κ2) is 8.45. The minimum atomic E-state index is 0.0707. The maximum atomic E-state index is 13.0. The molecule has 3 rings (SSSR count). The molecule has 0 radical (unpaired) electrons. The molecule has 0 aliphatic carbocycles. The van der Waals surface area contributed by atoms with Crippen LogP contribution < -0.4 is 5.32 Å². The van der Waals surface area contributed by atoms with Gasteiger partial charge < -0.3 is 20.2 Å². The predicted molar refractivity (Wildman–Crippen MR) is 106 cm³/mol. The van der Waals surface area contributed by atoms with Crippen LogP contribution in [0.3, 0.4) is 0 Å². The van der Waals surface area contributed by atoms with Crippen molar-refractivity contribution in [2.24, 2.45) is 0 Å². The van der Waals surface area contributed by atoms with Gasteiger partial charge in [0.2, 0.25) is 5.91 Å². The zero-order chi connectivity index (χ0) is 18.4. The van der Waals surface area contributed by atoms with E-state index in [0.717, 1.165) is 28.6 Å². The van der Waals surface area contributed by atoms with E-state index in [9.17, 15) is 4.79 Å². The third kappa shape index (κ3) is 4.00. The summed E-state index contributed by atoms with van der Waals surface area (Å²) in [6, 6.07) is 17.9. The first-order valence-electron chi connectivity index (χ1n) is 8.77. The predicted octanol–water partition coefficient (Wildman–Crippen LogP) is 2.89. The number of fused-ring (bicyclic) bond motifs is 1. The highest BCUT2D eigenvalue weighted by molar-refractivity contribution is 5.98. The van der Waals surface area contributed by atoms with Gasteiger partial charge in [0.15, 0.2) is 0 Å². The molecular formula is C21H24N4O. The Labute approximate surface area is 153 Å². The number of para-hydroxylation sites is 1. The van der Waals surface area contributed by atoms with E-state index in [1.54, 1.807) is 0 Å². The average molecular weight is 348 g/mol. The summed E-state index contributed by atoms with van der Waals surface area (Å²) in [5.74, 6) is 0.0707. The maximum Gasteiger partial charge on any atom is 0.242 e. The largest absolute Gasteiger partial charge is 0.337 e. The highest BCUT2D eigenvalue weighted by atomic mass is 16.2. The fourth-order valence-corrected chi connectivity index (χ4v) is 3.11. The lowest BCUT2D eigenvalue weighted by Gasteiger charge is -2.23. The Kier molecular flexibility index (Phi) is 5.81. The molecule has 1 aromatic heterocycles. The number of benzene rings is 2. The topological polar surface area (TPSA) is 61.1 Å². The fraction of sp³-hybridized carbons (Fsp3) is 0.238. The molecule has 0 saturated heterocycles. The number of nitrogens with one attached hydrogen (secondary N) is 2. The van der Waals surface area contributed by atoms with Gasteiger partial charge in [-0.1, -0.05) is 48.5 Å². The number of carbonyl (C=O) groups excluding carboxylic acids is 1. The number of aromatic nitrogens is 1. The molecule has 134 valence electrons. The molecule has 5 nitrogen and oxygen atoms in total. The summed E-state index contributed by atoms with van der Waals surface area (Å²) >= 11 is 0. The standard InChI is InChI=1S/C21H24N4O/c1-23-11-12-24(14-17-7-3-2-4-8-17)21(26)16-25-15-18(13-22)19-9-5-6-10-20(19)25/h2-10,13,15,22-23H,11-12,14,16H2,1H3. The molecule has 0 aliphatic rings. The molecule has 0 unspecified atom stereocenters. The molecule has 1 heterocycles. The van der Waals surface area contributed by atoms with Crippen LogP contribution in [0.1, 0.15) is 11.1 Å². The highest BCUT2D eigenvalue weighted by Crippen LogP contribution is 2.20. The van der Waals surface area contributed by atoms with Crippen LogP contribution in [-0.2, 0) is 17.9 Å². The number of nitrogens with zero attached hydrogens (tertiary/aromatic N) is 2. The van der Waals surface area contributed by atoms with E-state index in [2.05, 4.69) is 5.32 Å². The van der Waals surface area contributed by atoms with E-state index in [4.69, 9.17) is 5.41 Å². The number of likely N-dealkylation sites (N-methyl/N-ethyl adjacent to an activating group) is 1. The fourth-order valence-electron chi connectivity index (χ4n) is 3.11. The molecule has 2 aromatic carbocycles. The van der Waals surface area contributed by atoms with Crippen LogP contribution in [0.15, 0.2) is 60.8 Å². The van der Waals surface area contributed by atoms with E-state index in [-0.39, 0.29) is 12.5 Å². The van der Waals surface area contributed by atoms with E-state index in [1.165, 1.54) is 6.21 Å². The van der Waals surface area contributed by atoms with Crippen LogP contribution in [-0.4, -0.2) is 41.7 Å². The first kappa shape index (κ1) is 17.9. The molecule has 0 bridgehead atoms. The number of rotatable bonds is 8. The Hall–Kier alpha value is -2.92. The van der Waals surface area contributed by atoms with Gasteiger partial charge in [-0.05, 0) is 18.7 Å². The Morgan fingerprint density at radius 3 is 2.62 bits per heavy atom. The molecule has 0 atom stereocenters. The normalized spacial score (nSPS) is 10.8. The van der Waals surface area contributed by atoms with Crippen LogP contribution in [0, 0.1) is 5.41 Å². The summed E-state index contributed by atoms with van der Waals surface area (Å²) in [6.07, 6.45) is 3.22. The third-order valence-corrected chi connectivity index (χ3v) is 4.48. The van der Waals surface area contributed by atoms with Crippen molar-refractivity contribution in [2.75, 3.05) is 20.1 Å². The van der Waals surface area contributed by atoms with Crippen molar-refractivity contribution in [2.45, 2.75) is 13.1 Å². The summed E-state index contributed by atoms with van der Waals surface area (Å²) in [5, 5.41) is 11.7. The van der Waals surface area contributed by atoms with Gasteiger partial charge in [-0.15, -0.1) is 0 Å². The van der Waals surface area contributed by atoms with Gasteiger partial charge in [-0.2, -0.15) is 0 Å². The molecule has 0 aliphatic heterocycles. The van der Waals surface area contributed by atoms with Gasteiger partial charge in [0.1, 0.15) is 6.54 Å². The number of amides is 1. The van der Waals surface area contributed by atoms with E-state index >= 15 is 0 Å². The molecule has 5 heteroatoms. The van der Waals surface area contributed by atoms with Gasteiger partial charge in [0.25, 0.3) is 0 Å². The van der Waals surface area contributed by atoms with Crippen LogP contribution in [0.5, 0.6) is 0 Å².